The molecule has 0 radical (unpaired) electrons. The maximum atomic E-state index is 10.6. The van der Waals surface area contributed by atoms with E-state index in [1.54, 1.807) is 0 Å². The first kappa shape index (κ1) is 12.6. The minimum absolute atomic E-state index is 0.508. The Kier molecular flexibility index (Phi) is 3.78. The van der Waals surface area contributed by atoms with Crippen molar-refractivity contribution < 1.29 is 23.7 Å². The van der Waals surface area contributed by atoms with Gasteiger partial charge in [0.15, 0.2) is 0 Å². The Hall–Kier alpha value is -2.42. The number of nitro benzene ring substituents is 2. The zero-order valence-corrected chi connectivity index (χ0v) is 8.62. The van der Waals surface area contributed by atoms with Crippen LogP contribution in [0.1, 0.15) is 0 Å². The highest BCUT2D eigenvalue weighted by Gasteiger charge is 2.23. The average Bonchev–Trinajstić information content (AvgIpc) is 2.28. The smallest absolute Gasteiger partial charge is 0.387 e. The summed E-state index contributed by atoms with van der Waals surface area (Å²) in [6.07, 6.45) is -1.39. The van der Waals surface area contributed by atoms with Crippen molar-refractivity contribution in [3.63, 3.8) is 0 Å². The Morgan fingerprint density at radius 1 is 1.24 bits per heavy atom. The first-order valence-electron chi connectivity index (χ1n) is 3.89. The number of benzene rings is 1. The van der Waals surface area contributed by atoms with E-state index >= 15 is 0 Å². The molecule has 1 rings (SSSR count). The van der Waals surface area contributed by atoms with Gasteiger partial charge in [-0.05, 0) is 6.07 Å². The summed E-state index contributed by atoms with van der Waals surface area (Å²) in [7, 11) is 0. The van der Waals surface area contributed by atoms with Gasteiger partial charge in [0.1, 0.15) is 11.9 Å². The molecule has 0 aliphatic heterocycles. The summed E-state index contributed by atoms with van der Waals surface area (Å²) >= 11 is 4.66. The van der Waals surface area contributed by atoms with Crippen LogP contribution in [-0.4, -0.2) is 16.0 Å². The van der Waals surface area contributed by atoms with Gasteiger partial charge in [0, 0.05) is 6.07 Å². The minimum atomic E-state index is -1.39. The molecule has 0 N–H and O–H groups in total. The van der Waals surface area contributed by atoms with Crippen molar-refractivity contribution in [3.8, 4) is 5.75 Å². The second-order valence-corrected chi connectivity index (χ2v) is 2.75. The van der Waals surface area contributed by atoms with E-state index in [4.69, 9.17) is 0 Å². The predicted molar refractivity (Wildman–Crippen MR) is 52.7 cm³/mol. The van der Waals surface area contributed by atoms with E-state index in [-0.39, 0.29) is 0 Å². The molecule has 10 heteroatoms. The van der Waals surface area contributed by atoms with Crippen LogP contribution in [-0.2, 0) is 4.29 Å². The van der Waals surface area contributed by atoms with Crippen molar-refractivity contribution in [1.82, 2.24) is 0 Å². The van der Waals surface area contributed by atoms with Gasteiger partial charge in [0.25, 0.3) is 5.69 Å². The Balaban J connectivity index is 3.17. The lowest BCUT2D eigenvalue weighted by Gasteiger charge is -2.01. The number of rotatable bonds is 3. The number of hydrogen-bond donors (Lipinski definition) is 0. The van der Waals surface area contributed by atoms with Gasteiger partial charge in [0.05, 0.1) is 15.9 Å². The third-order valence-electron chi connectivity index (χ3n) is 1.61. The highest BCUT2D eigenvalue weighted by atomic mass is 35.5. The van der Waals surface area contributed by atoms with Crippen LogP contribution in [0.4, 0.5) is 16.2 Å². The van der Waals surface area contributed by atoms with Gasteiger partial charge in [0.2, 0.25) is 5.75 Å². The number of carbonyl (C=O) groups excluding carboxylic acids is 1. The lowest BCUT2D eigenvalue weighted by molar-refractivity contribution is -0.394. The summed E-state index contributed by atoms with van der Waals surface area (Å²) in [5.41, 5.74) is -1.26. The van der Waals surface area contributed by atoms with Gasteiger partial charge in [-0.1, -0.05) is 0 Å². The molecule has 0 amide bonds. The molecular weight excluding hydrogens is 260 g/mol. The number of nitro groups is 2. The number of hydrogen-bond acceptors (Lipinski definition) is 7. The van der Waals surface area contributed by atoms with Gasteiger partial charge >= 0.3 is 11.8 Å². The fourth-order valence-corrected chi connectivity index (χ4v) is 0.985. The van der Waals surface area contributed by atoms with Crippen molar-refractivity contribution in [2.24, 2.45) is 0 Å². The molecule has 0 bridgehead atoms. The van der Waals surface area contributed by atoms with Crippen LogP contribution < -0.4 is 4.74 Å². The summed E-state index contributed by atoms with van der Waals surface area (Å²) in [6, 6.07) is 2.48. The Labute approximate surface area is 98.0 Å². The van der Waals surface area contributed by atoms with Crippen LogP contribution in [0, 0.1) is 20.2 Å². The number of nitrogens with zero attached hydrogens (tertiary/aromatic N) is 2. The normalized spacial score (nSPS) is 9.47. The van der Waals surface area contributed by atoms with Crippen molar-refractivity contribution in [1.29, 1.82) is 0 Å². The summed E-state index contributed by atoms with van der Waals surface area (Å²) in [6.45, 7) is 0. The Bertz CT molecular complexity index is 489. The average molecular weight is 263 g/mol. The SMILES string of the molecule is O=C(OCl)Oc1ccc([N+](=O)[O-])cc1[N+](=O)[O-]. The lowest BCUT2D eigenvalue weighted by atomic mass is 10.2. The maximum absolute atomic E-state index is 10.6. The molecule has 9 nitrogen and oxygen atoms in total. The molecule has 0 aliphatic rings. The van der Waals surface area contributed by atoms with E-state index in [0.29, 0.717) is 6.07 Å². The first-order valence-corrected chi connectivity index (χ1v) is 4.19. The lowest BCUT2D eigenvalue weighted by Crippen LogP contribution is -2.06. The molecule has 0 aromatic heterocycles. The quantitative estimate of drug-likeness (QED) is 0.354. The van der Waals surface area contributed by atoms with Crippen LogP contribution in [0.5, 0.6) is 5.75 Å². The van der Waals surface area contributed by atoms with Gasteiger partial charge < -0.3 is 9.03 Å². The van der Waals surface area contributed by atoms with Gasteiger partial charge in [-0.3, -0.25) is 20.2 Å². The number of halogens is 1. The van der Waals surface area contributed by atoms with E-state index in [9.17, 15) is 25.0 Å². The predicted octanol–water partition coefficient (Wildman–Crippen LogP) is 2.17. The molecule has 0 atom stereocenters. The van der Waals surface area contributed by atoms with E-state index in [2.05, 4.69) is 20.9 Å². The van der Waals surface area contributed by atoms with Gasteiger partial charge in [-0.15, -0.1) is 0 Å². The fourth-order valence-electron chi connectivity index (χ4n) is 0.954. The summed E-state index contributed by atoms with van der Waals surface area (Å²) in [4.78, 5) is 29.9. The van der Waals surface area contributed by atoms with E-state index in [1.165, 1.54) is 0 Å². The molecule has 0 saturated carbocycles. The van der Waals surface area contributed by atoms with E-state index in [0.717, 1.165) is 12.1 Å². The maximum Gasteiger partial charge on any atom is 0.532 e. The number of non-ortho nitro benzene ring substituents is 1. The van der Waals surface area contributed by atoms with Crippen LogP contribution in [0.2, 0.25) is 0 Å². The van der Waals surface area contributed by atoms with Crippen molar-refractivity contribution >= 4 is 29.4 Å². The number of carbonyl (C=O) groups is 1. The van der Waals surface area contributed by atoms with E-state index < -0.39 is 33.1 Å². The summed E-state index contributed by atoms with van der Waals surface area (Å²) < 4.78 is 7.95. The zero-order chi connectivity index (χ0) is 13.0. The van der Waals surface area contributed by atoms with Gasteiger partial charge in [-0.25, -0.2) is 4.79 Å². The van der Waals surface area contributed by atoms with Crippen LogP contribution in [0.3, 0.4) is 0 Å². The molecule has 17 heavy (non-hydrogen) atoms. The van der Waals surface area contributed by atoms with E-state index in [1.807, 2.05) is 0 Å². The van der Waals surface area contributed by atoms with Crippen molar-refractivity contribution in [2.45, 2.75) is 0 Å². The second kappa shape index (κ2) is 5.07. The molecule has 90 valence electrons. The largest absolute Gasteiger partial charge is 0.532 e. The van der Waals surface area contributed by atoms with Crippen LogP contribution >= 0.6 is 11.9 Å². The highest BCUT2D eigenvalue weighted by molar-refractivity contribution is 6.12. The van der Waals surface area contributed by atoms with Crippen molar-refractivity contribution in [3.05, 3.63) is 38.4 Å². The molecule has 0 fully saturated rings. The fraction of sp³-hybridized carbons (Fsp3) is 0. The molecule has 0 heterocycles. The first-order chi connectivity index (χ1) is 7.95. The van der Waals surface area contributed by atoms with Crippen LogP contribution in [0.25, 0.3) is 0 Å². The second-order valence-electron chi connectivity index (χ2n) is 2.60. The molecule has 1 aromatic rings. The monoisotopic (exact) mass is 262 g/mol. The summed E-state index contributed by atoms with van der Waals surface area (Å²) in [5.74, 6) is -0.508. The molecule has 0 saturated heterocycles. The van der Waals surface area contributed by atoms with Crippen LogP contribution in [0.15, 0.2) is 18.2 Å². The molecule has 0 aliphatic carbocycles. The van der Waals surface area contributed by atoms with Gasteiger partial charge in [-0.2, -0.15) is 0 Å². The standard InChI is InChI=1S/C7H3ClN2O7/c8-17-7(11)16-6-2-1-4(9(12)13)3-5(6)10(14)15/h1-3H. The Morgan fingerprint density at radius 3 is 2.35 bits per heavy atom. The molecule has 1 aromatic carbocycles. The highest BCUT2D eigenvalue weighted by Crippen LogP contribution is 2.31. The molecule has 0 spiro atoms. The Morgan fingerprint density at radius 2 is 1.88 bits per heavy atom. The zero-order valence-electron chi connectivity index (χ0n) is 7.86. The topological polar surface area (TPSA) is 122 Å². The van der Waals surface area contributed by atoms with Crippen molar-refractivity contribution in [2.75, 3.05) is 0 Å². The molecule has 0 unspecified atom stereocenters. The number of ether oxygens (including phenoxy) is 1. The third-order valence-corrected chi connectivity index (χ3v) is 1.73. The molecular formula is C7H3ClN2O7. The summed E-state index contributed by atoms with van der Waals surface area (Å²) in [5, 5.41) is 21.0. The minimum Gasteiger partial charge on any atom is -0.387 e. The third kappa shape index (κ3) is 3.01.